The number of hydrogen-bond acceptors (Lipinski definition) is 4. The van der Waals surface area contributed by atoms with E-state index < -0.39 is 10.0 Å². The van der Waals surface area contributed by atoms with E-state index in [0.29, 0.717) is 5.92 Å². The molecule has 0 aliphatic carbocycles. The fourth-order valence-corrected chi connectivity index (χ4v) is 2.33. The third-order valence-corrected chi connectivity index (χ3v) is 4.11. The number of nitrogens with one attached hydrogen (secondary N) is 2. The molecule has 0 radical (unpaired) electrons. The van der Waals surface area contributed by atoms with E-state index in [4.69, 9.17) is 4.74 Å². The molecule has 0 heterocycles. The fourth-order valence-electron chi connectivity index (χ4n) is 1.60. The van der Waals surface area contributed by atoms with Gasteiger partial charge in [0.05, 0.1) is 4.90 Å². The molecule has 0 amide bonds. The lowest BCUT2D eigenvalue weighted by Crippen LogP contribution is -2.18. The summed E-state index contributed by atoms with van der Waals surface area (Å²) >= 11 is 0. The number of rotatable bonds is 9. The van der Waals surface area contributed by atoms with E-state index in [9.17, 15) is 8.42 Å². The molecular weight excluding hydrogens is 276 g/mol. The zero-order chi connectivity index (χ0) is 15.0. The average molecular weight is 300 g/mol. The van der Waals surface area contributed by atoms with Crippen LogP contribution in [0.25, 0.3) is 0 Å². The first-order valence-electron chi connectivity index (χ1n) is 6.81. The zero-order valence-corrected chi connectivity index (χ0v) is 13.2. The SMILES string of the molecule is CNS(=O)(=O)c1ccc(NCCCOCC(C)C)cc1. The third kappa shape index (κ3) is 5.90. The number of ether oxygens (including phenoxy) is 1. The van der Waals surface area contributed by atoms with Crippen molar-refractivity contribution >= 4 is 15.7 Å². The average Bonchev–Trinajstić information content (AvgIpc) is 2.43. The lowest BCUT2D eigenvalue weighted by atomic mass is 10.2. The van der Waals surface area contributed by atoms with Crippen molar-refractivity contribution in [1.82, 2.24) is 4.72 Å². The Balaban J connectivity index is 2.32. The molecule has 0 unspecified atom stereocenters. The van der Waals surface area contributed by atoms with Gasteiger partial charge in [0.1, 0.15) is 0 Å². The van der Waals surface area contributed by atoms with Gasteiger partial charge in [-0.1, -0.05) is 13.8 Å². The van der Waals surface area contributed by atoms with Crippen LogP contribution in [0, 0.1) is 5.92 Å². The van der Waals surface area contributed by atoms with E-state index >= 15 is 0 Å². The van der Waals surface area contributed by atoms with Crippen LogP contribution in [-0.4, -0.2) is 35.2 Å². The van der Waals surface area contributed by atoms with Crippen LogP contribution in [0.1, 0.15) is 20.3 Å². The topological polar surface area (TPSA) is 67.4 Å². The van der Waals surface area contributed by atoms with Crippen LogP contribution < -0.4 is 10.0 Å². The van der Waals surface area contributed by atoms with E-state index in [2.05, 4.69) is 23.9 Å². The summed E-state index contributed by atoms with van der Waals surface area (Å²) in [4.78, 5) is 0.269. The number of sulfonamides is 1. The summed E-state index contributed by atoms with van der Waals surface area (Å²) in [5, 5.41) is 3.23. The van der Waals surface area contributed by atoms with E-state index in [0.717, 1.165) is 31.9 Å². The van der Waals surface area contributed by atoms with Crippen molar-refractivity contribution in [2.24, 2.45) is 5.92 Å². The van der Waals surface area contributed by atoms with Gasteiger partial charge in [-0.2, -0.15) is 0 Å². The van der Waals surface area contributed by atoms with Gasteiger partial charge in [-0.25, -0.2) is 13.1 Å². The first-order chi connectivity index (χ1) is 9.45. The highest BCUT2D eigenvalue weighted by Crippen LogP contribution is 2.13. The van der Waals surface area contributed by atoms with Crippen LogP contribution in [0.2, 0.25) is 0 Å². The Morgan fingerprint density at radius 3 is 2.40 bits per heavy atom. The minimum absolute atomic E-state index is 0.269. The Morgan fingerprint density at radius 2 is 1.85 bits per heavy atom. The molecule has 20 heavy (non-hydrogen) atoms. The molecule has 1 rings (SSSR count). The van der Waals surface area contributed by atoms with Gasteiger partial charge in [-0.15, -0.1) is 0 Å². The van der Waals surface area contributed by atoms with E-state index in [1.165, 1.54) is 7.05 Å². The van der Waals surface area contributed by atoms with Crippen molar-refractivity contribution < 1.29 is 13.2 Å². The molecule has 1 aromatic carbocycles. The Labute approximate surface area is 121 Å². The van der Waals surface area contributed by atoms with Crippen molar-refractivity contribution in [3.05, 3.63) is 24.3 Å². The highest BCUT2D eigenvalue weighted by molar-refractivity contribution is 7.89. The number of benzene rings is 1. The Bertz CT molecular complexity index is 484. The number of anilines is 1. The second kappa shape index (κ2) is 8.24. The Kier molecular flexibility index (Phi) is 6.98. The molecule has 0 saturated carbocycles. The fraction of sp³-hybridized carbons (Fsp3) is 0.571. The van der Waals surface area contributed by atoms with Crippen LogP contribution in [0.5, 0.6) is 0 Å². The van der Waals surface area contributed by atoms with Gasteiger partial charge in [0.15, 0.2) is 0 Å². The molecule has 114 valence electrons. The molecule has 0 atom stereocenters. The summed E-state index contributed by atoms with van der Waals surface area (Å²) in [6.45, 7) is 6.57. The maximum Gasteiger partial charge on any atom is 0.240 e. The summed E-state index contributed by atoms with van der Waals surface area (Å²) < 4.78 is 30.9. The second-order valence-corrected chi connectivity index (χ2v) is 6.87. The standard InChI is InChI=1S/C14H24N2O3S/c1-12(2)11-19-10-4-9-16-13-5-7-14(8-6-13)20(17,18)15-3/h5-8,12,15-16H,4,9-11H2,1-3H3. The molecule has 5 nitrogen and oxygen atoms in total. The van der Waals surface area contributed by atoms with Crippen molar-refractivity contribution in [2.45, 2.75) is 25.2 Å². The van der Waals surface area contributed by atoms with Gasteiger partial charge in [-0.3, -0.25) is 0 Å². The highest BCUT2D eigenvalue weighted by Gasteiger charge is 2.09. The van der Waals surface area contributed by atoms with Crippen LogP contribution in [0.15, 0.2) is 29.2 Å². The smallest absolute Gasteiger partial charge is 0.240 e. The van der Waals surface area contributed by atoms with Crippen LogP contribution in [-0.2, 0) is 14.8 Å². The van der Waals surface area contributed by atoms with E-state index in [-0.39, 0.29) is 4.90 Å². The minimum atomic E-state index is -3.35. The second-order valence-electron chi connectivity index (χ2n) is 4.98. The van der Waals surface area contributed by atoms with E-state index in [1.807, 2.05) is 0 Å². The monoisotopic (exact) mass is 300 g/mol. The quantitative estimate of drug-likeness (QED) is 0.685. The molecular formula is C14H24N2O3S. The molecule has 0 spiro atoms. The van der Waals surface area contributed by atoms with Gasteiger partial charge < -0.3 is 10.1 Å². The first-order valence-corrected chi connectivity index (χ1v) is 8.29. The molecule has 6 heteroatoms. The lowest BCUT2D eigenvalue weighted by Gasteiger charge is -2.09. The Morgan fingerprint density at radius 1 is 1.20 bits per heavy atom. The normalized spacial score (nSPS) is 11.8. The predicted molar refractivity (Wildman–Crippen MR) is 81.5 cm³/mol. The summed E-state index contributed by atoms with van der Waals surface area (Å²) in [5.74, 6) is 0.560. The lowest BCUT2D eigenvalue weighted by molar-refractivity contribution is 0.110. The van der Waals surface area contributed by atoms with Crippen LogP contribution in [0.3, 0.4) is 0 Å². The van der Waals surface area contributed by atoms with Crippen molar-refractivity contribution in [3.63, 3.8) is 0 Å². The van der Waals surface area contributed by atoms with Crippen LogP contribution in [0.4, 0.5) is 5.69 Å². The van der Waals surface area contributed by atoms with Crippen molar-refractivity contribution in [3.8, 4) is 0 Å². The molecule has 0 aliphatic heterocycles. The van der Waals surface area contributed by atoms with Crippen LogP contribution >= 0.6 is 0 Å². The van der Waals surface area contributed by atoms with Gasteiger partial charge in [-0.05, 0) is 43.7 Å². The van der Waals surface area contributed by atoms with Gasteiger partial charge in [0.25, 0.3) is 0 Å². The first kappa shape index (κ1) is 16.9. The molecule has 0 fully saturated rings. The molecule has 2 N–H and O–H groups in total. The summed E-state index contributed by atoms with van der Waals surface area (Å²) in [6, 6.07) is 6.70. The minimum Gasteiger partial charge on any atom is -0.385 e. The maximum atomic E-state index is 11.6. The maximum absolute atomic E-state index is 11.6. The third-order valence-electron chi connectivity index (χ3n) is 2.68. The molecule has 0 saturated heterocycles. The summed E-state index contributed by atoms with van der Waals surface area (Å²) in [7, 11) is -1.95. The van der Waals surface area contributed by atoms with Crippen molar-refractivity contribution in [1.29, 1.82) is 0 Å². The molecule has 1 aromatic rings. The highest BCUT2D eigenvalue weighted by atomic mass is 32.2. The van der Waals surface area contributed by atoms with Gasteiger partial charge in [0, 0.05) is 25.4 Å². The predicted octanol–water partition coefficient (Wildman–Crippen LogP) is 2.07. The van der Waals surface area contributed by atoms with Gasteiger partial charge >= 0.3 is 0 Å². The Hall–Kier alpha value is -1.11. The zero-order valence-electron chi connectivity index (χ0n) is 12.3. The van der Waals surface area contributed by atoms with E-state index in [1.54, 1.807) is 24.3 Å². The largest absolute Gasteiger partial charge is 0.385 e. The van der Waals surface area contributed by atoms with Crippen molar-refractivity contribution in [2.75, 3.05) is 32.1 Å². The van der Waals surface area contributed by atoms with Gasteiger partial charge in [0.2, 0.25) is 10.0 Å². The number of hydrogen-bond donors (Lipinski definition) is 2. The summed E-state index contributed by atoms with van der Waals surface area (Å²) in [5.41, 5.74) is 0.906. The molecule has 0 aliphatic rings. The molecule has 0 bridgehead atoms. The molecule has 0 aromatic heterocycles. The summed E-state index contributed by atoms with van der Waals surface area (Å²) in [6.07, 6.45) is 0.920.